The van der Waals surface area contributed by atoms with Crippen LogP contribution in [0.4, 0.5) is 5.69 Å². The summed E-state index contributed by atoms with van der Waals surface area (Å²) in [4.78, 5) is 16.9. The molecule has 2 heterocycles. The molecule has 1 atom stereocenters. The average molecular weight is 472 g/mol. The van der Waals surface area contributed by atoms with E-state index < -0.39 is 0 Å². The van der Waals surface area contributed by atoms with Crippen LogP contribution in [0.15, 0.2) is 47.0 Å². The third-order valence-corrected chi connectivity index (χ3v) is 6.98. The van der Waals surface area contributed by atoms with Gasteiger partial charge in [0.05, 0.1) is 50.5 Å². The highest BCUT2D eigenvalue weighted by atomic mass is 35.5. The summed E-state index contributed by atoms with van der Waals surface area (Å²) in [5, 5.41) is 11.4. The number of amides is 1. The van der Waals surface area contributed by atoms with Gasteiger partial charge in [-0.3, -0.25) is 9.69 Å². The first-order chi connectivity index (χ1) is 15.5. The number of thioether (sulfide) groups is 1. The average Bonchev–Trinajstić information content (AvgIpc) is 2.83. The van der Waals surface area contributed by atoms with E-state index in [1.165, 1.54) is 18.9 Å². The van der Waals surface area contributed by atoms with Crippen LogP contribution in [0, 0.1) is 11.3 Å². The first-order valence-electron chi connectivity index (χ1n) is 9.88. The molecule has 0 spiro atoms. The van der Waals surface area contributed by atoms with Gasteiger partial charge in [0.1, 0.15) is 0 Å². The minimum atomic E-state index is -0.387. The zero-order chi connectivity index (χ0) is 22.8. The number of benzene rings is 2. The number of rotatable bonds is 5. The lowest BCUT2D eigenvalue weighted by Crippen LogP contribution is -2.47. The maximum Gasteiger partial charge on any atom is 0.229 e. The quantitative estimate of drug-likeness (QED) is 0.631. The van der Waals surface area contributed by atoms with Crippen molar-refractivity contribution in [1.29, 1.82) is 5.26 Å². The van der Waals surface area contributed by atoms with Gasteiger partial charge in [-0.1, -0.05) is 23.4 Å². The zero-order valence-electron chi connectivity index (χ0n) is 17.9. The number of carbonyl (C=O) groups excluding carboxylic acids is 1. The van der Waals surface area contributed by atoms with E-state index >= 15 is 0 Å². The molecule has 0 radical (unpaired) electrons. The van der Waals surface area contributed by atoms with Crippen LogP contribution in [0.25, 0.3) is 0 Å². The SMILES string of the molecule is COc1cc(C2CC(=O)N3CN(c4ccc(Cl)cc4)CSC3=C2C#N)cc(OC)c1OC. The molecule has 2 aliphatic heterocycles. The molecule has 9 heteroatoms. The van der Waals surface area contributed by atoms with Gasteiger partial charge in [0.2, 0.25) is 11.7 Å². The molecule has 7 nitrogen and oxygen atoms in total. The van der Waals surface area contributed by atoms with Crippen LogP contribution in [0.2, 0.25) is 5.02 Å². The molecule has 4 rings (SSSR count). The fourth-order valence-corrected chi connectivity index (χ4v) is 5.26. The first-order valence-corrected chi connectivity index (χ1v) is 11.2. The molecular formula is C23H22ClN3O4S. The van der Waals surface area contributed by atoms with Gasteiger partial charge in [0.25, 0.3) is 0 Å². The predicted octanol–water partition coefficient (Wildman–Crippen LogP) is 4.59. The maximum absolute atomic E-state index is 13.2. The van der Waals surface area contributed by atoms with Crippen molar-refractivity contribution in [3.8, 4) is 23.3 Å². The lowest BCUT2D eigenvalue weighted by atomic mass is 9.86. The van der Waals surface area contributed by atoms with Crippen molar-refractivity contribution >= 4 is 35.0 Å². The van der Waals surface area contributed by atoms with Crippen LogP contribution in [0.3, 0.4) is 0 Å². The Balaban J connectivity index is 1.70. The van der Waals surface area contributed by atoms with Gasteiger partial charge >= 0.3 is 0 Å². The molecule has 2 aliphatic rings. The van der Waals surface area contributed by atoms with Gasteiger partial charge in [-0.25, -0.2) is 0 Å². The Kier molecular flexibility index (Phi) is 6.40. The van der Waals surface area contributed by atoms with Gasteiger partial charge in [-0.05, 0) is 42.0 Å². The summed E-state index contributed by atoms with van der Waals surface area (Å²) in [5.41, 5.74) is 2.32. The van der Waals surface area contributed by atoms with Crippen LogP contribution in [-0.4, -0.2) is 44.7 Å². The van der Waals surface area contributed by atoms with Gasteiger partial charge in [-0.2, -0.15) is 5.26 Å². The smallest absolute Gasteiger partial charge is 0.229 e. The third kappa shape index (κ3) is 3.94. The largest absolute Gasteiger partial charge is 0.493 e. The van der Waals surface area contributed by atoms with Crippen LogP contribution >= 0.6 is 23.4 Å². The number of anilines is 1. The Hall–Kier alpha value is -3.02. The minimum absolute atomic E-state index is 0.0380. The van der Waals surface area contributed by atoms with Crippen LogP contribution in [-0.2, 0) is 4.79 Å². The maximum atomic E-state index is 13.2. The summed E-state index contributed by atoms with van der Waals surface area (Å²) in [6.45, 7) is 0.385. The number of methoxy groups -OCH3 is 3. The van der Waals surface area contributed by atoms with Gasteiger partial charge in [-0.15, -0.1) is 0 Å². The molecule has 1 unspecified atom stereocenters. The normalized spacial score (nSPS) is 18.2. The molecule has 1 saturated heterocycles. The highest BCUT2D eigenvalue weighted by molar-refractivity contribution is 8.03. The molecule has 0 bridgehead atoms. The second kappa shape index (κ2) is 9.23. The first kappa shape index (κ1) is 22.2. The number of carbonyl (C=O) groups is 1. The molecule has 2 aromatic carbocycles. The fourth-order valence-electron chi connectivity index (χ4n) is 3.96. The molecule has 0 aromatic heterocycles. The Morgan fingerprint density at radius 1 is 1.09 bits per heavy atom. The number of hydrogen-bond acceptors (Lipinski definition) is 7. The Labute approximate surface area is 196 Å². The molecule has 32 heavy (non-hydrogen) atoms. The standard InChI is InChI=1S/C23H22ClN3O4S/c1-29-19-8-14(9-20(30-2)22(19)31-3)17-10-21(28)27-12-26(13-32-23(27)18(17)11-25)16-6-4-15(24)5-7-16/h4-9,17H,10,12-13H2,1-3H3. The van der Waals surface area contributed by atoms with E-state index in [4.69, 9.17) is 25.8 Å². The van der Waals surface area contributed by atoms with Crippen molar-refractivity contribution in [1.82, 2.24) is 4.90 Å². The van der Waals surface area contributed by atoms with E-state index in [-0.39, 0.29) is 18.2 Å². The van der Waals surface area contributed by atoms with E-state index in [1.54, 1.807) is 31.3 Å². The van der Waals surface area contributed by atoms with E-state index in [2.05, 4.69) is 11.0 Å². The van der Waals surface area contributed by atoms with Crippen molar-refractivity contribution in [3.63, 3.8) is 0 Å². The van der Waals surface area contributed by atoms with Crippen molar-refractivity contribution < 1.29 is 19.0 Å². The Morgan fingerprint density at radius 3 is 2.31 bits per heavy atom. The van der Waals surface area contributed by atoms with Gasteiger partial charge in [0.15, 0.2) is 11.5 Å². The fraction of sp³-hybridized carbons (Fsp3) is 0.304. The molecule has 0 N–H and O–H groups in total. The molecule has 0 saturated carbocycles. The monoisotopic (exact) mass is 471 g/mol. The highest BCUT2D eigenvalue weighted by Gasteiger charge is 2.39. The van der Waals surface area contributed by atoms with Crippen LogP contribution in [0.1, 0.15) is 17.9 Å². The number of fused-ring (bicyclic) bond motifs is 1. The Morgan fingerprint density at radius 2 is 1.75 bits per heavy atom. The van der Waals surface area contributed by atoms with E-state index in [0.29, 0.717) is 45.4 Å². The second-order valence-electron chi connectivity index (χ2n) is 7.30. The highest BCUT2D eigenvalue weighted by Crippen LogP contribution is 2.47. The summed E-state index contributed by atoms with van der Waals surface area (Å²) in [6.07, 6.45) is 0.181. The van der Waals surface area contributed by atoms with E-state index in [0.717, 1.165) is 11.3 Å². The third-order valence-electron chi connectivity index (χ3n) is 5.57. The summed E-state index contributed by atoms with van der Waals surface area (Å²) in [6, 6.07) is 13.5. The van der Waals surface area contributed by atoms with Gasteiger partial charge < -0.3 is 19.1 Å². The lowest BCUT2D eigenvalue weighted by Gasteiger charge is -2.42. The molecule has 0 aliphatic carbocycles. The number of nitriles is 1. The topological polar surface area (TPSA) is 75.0 Å². The summed E-state index contributed by atoms with van der Waals surface area (Å²) in [5.74, 6) is 1.65. The summed E-state index contributed by atoms with van der Waals surface area (Å²) >= 11 is 7.49. The van der Waals surface area contributed by atoms with Crippen molar-refractivity contribution in [3.05, 3.63) is 57.6 Å². The summed E-state index contributed by atoms with van der Waals surface area (Å²) in [7, 11) is 4.62. The molecule has 2 aromatic rings. The lowest BCUT2D eigenvalue weighted by molar-refractivity contribution is -0.129. The van der Waals surface area contributed by atoms with Gasteiger partial charge in [0, 0.05) is 23.0 Å². The van der Waals surface area contributed by atoms with Crippen molar-refractivity contribution in [2.45, 2.75) is 12.3 Å². The summed E-state index contributed by atoms with van der Waals surface area (Å²) < 4.78 is 16.3. The molecule has 166 valence electrons. The van der Waals surface area contributed by atoms with Crippen molar-refractivity contribution in [2.75, 3.05) is 38.8 Å². The van der Waals surface area contributed by atoms with Crippen LogP contribution in [0.5, 0.6) is 17.2 Å². The minimum Gasteiger partial charge on any atom is -0.493 e. The second-order valence-corrected chi connectivity index (χ2v) is 8.67. The molecular weight excluding hydrogens is 450 g/mol. The number of allylic oxidation sites excluding steroid dienone is 1. The van der Waals surface area contributed by atoms with E-state index in [9.17, 15) is 10.1 Å². The Bertz CT molecular complexity index is 1090. The predicted molar refractivity (Wildman–Crippen MR) is 124 cm³/mol. The number of halogens is 1. The molecule has 1 amide bonds. The zero-order valence-corrected chi connectivity index (χ0v) is 19.5. The van der Waals surface area contributed by atoms with Crippen molar-refractivity contribution in [2.24, 2.45) is 0 Å². The molecule has 1 fully saturated rings. The van der Waals surface area contributed by atoms with E-state index in [1.807, 2.05) is 24.3 Å². The van der Waals surface area contributed by atoms with Crippen LogP contribution < -0.4 is 19.1 Å². The number of ether oxygens (including phenoxy) is 3. The number of nitrogens with zero attached hydrogens (tertiary/aromatic N) is 3. The number of hydrogen-bond donors (Lipinski definition) is 0.